The summed E-state index contributed by atoms with van der Waals surface area (Å²) in [7, 11) is 0. The van der Waals surface area contributed by atoms with E-state index < -0.39 is 5.41 Å². The molecule has 1 saturated heterocycles. The van der Waals surface area contributed by atoms with Gasteiger partial charge in [-0.25, -0.2) is 0 Å². The number of benzene rings is 1. The molecular formula is C19H26N2O3. The maximum Gasteiger partial charge on any atom is 0.242 e. The standard InChI is InChI=1S/C19H26N2O3/c1-4-19(15-10-8-7-9-11-15)12-16(22)21(17(23)13-19)14-18(24)20(5-2)6-3/h7-11H,4-6,12-14H2,1-3H3. The number of amides is 3. The van der Waals surface area contributed by atoms with Crippen LogP contribution in [0.1, 0.15) is 45.6 Å². The summed E-state index contributed by atoms with van der Waals surface area (Å²) in [6, 6.07) is 9.73. The molecule has 1 aliphatic heterocycles. The molecule has 130 valence electrons. The van der Waals surface area contributed by atoms with Crippen molar-refractivity contribution < 1.29 is 14.4 Å². The Bertz CT molecular complexity index is 590. The van der Waals surface area contributed by atoms with Gasteiger partial charge in [0.25, 0.3) is 0 Å². The Morgan fingerprint density at radius 3 is 2.04 bits per heavy atom. The van der Waals surface area contributed by atoms with Crippen LogP contribution in [0.25, 0.3) is 0 Å². The summed E-state index contributed by atoms with van der Waals surface area (Å²) in [5.74, 6) is -0.680. The topological polar surface area (TPSA) is 57.7 Å². The van der Waals surface area contributed by atoms with Crippen LogP contribution in [0.4, 0.5) is 0 Å². The second-order valence-corrected chi connectivity index (χ2v) is 6.29. The van der Waals surface area contributed by atoms with E-state index in [0.717, 1.165) is 10.5 Å². The molecule has 2 rings (SSSR count). The molecule has 0 N–H and O–H groups in total. The lowest BCUT2D eigenvalue weighted by molar-refractivity contribution is -0.155. The van der Waals surface area contributed by atoms with Crippen LogP contribution in [0.5, 0.6) is 0 Å². The van der Waals surface area contributed by atoms with E-state index in [1.54, 1.807) is 4.90 Å². The fourth-order valence-corrected chi connectivity index (χ4v) is 3.41. The van der Waals surface area contributed by atoms with Crippen molar-refractivity contribution in [2.24, 2.45) is 0 Å². The summed E-state index contributed by atoms with van der Waals surface area (Å²) in [6.45, 7) is 6.79. The summed E-state index contributed by atoms with van der Waals surface area (Å²) in [5.41, 5.74) is 0.563. The normalized spacial score (nSPS) is 17.0. The maximum atomic E-state index is 12.6. The number of carbonyl (C=O) groups excluding carboxylic acids is 3. The van der Waals surface area contributed by atoms with Crippen molar-refractivity contribution in [3.63, 3.8) is 0 Å². The van der Waals surface area contributed by atoms with E-state index in [-0.39, 0.29) is 37.1 Å². The zero-order valence-electron chi connectivity index (χ0n) is 14.7. The molecule has 0 bridgehead atoms. The first-order valence-corrected chi connectivity index (χ1v) is 8.64. The highest BCUT2D eigenvalue weighted by Gasteiger charge is 2.44. The highest BCUT2D eigenvalue weighted by molar-refractivity contribution is 6.02. The van der Waals surface area contributed by atoms with Gasteiger partial charge in [-0.3, -0.25) is 19.3 Å². The Balaban J connectivity index is 2.18. The molecule has 1 fully saturated rings. The van der Waals surface area contributed by atoms with Crippen LogP contribution in [-0.4, -0.2) is 47.2 Å². The fraction of sp³-hybridized carbons (Fsp3) is 0.526. The second-order valence-electron chi connectivity index (χ2n) is 6.29. The van der Waals surface area contributed by atoms with Crippen molar-refractivity contribution in [3.05, 3.63) is 35.9 Å². The van der Waals surface area contributed by atoms with Crippen LogP contribution in [0.15, 0.2) is 30.3 Å². The molecule has 24 heavy (non-hydrogen) atoms. The van der Waals surface area contributed by atoms with E-state index in [1.165, 1.54) is 0 Å². The number of hydrogen-bond acceptors (Lipinski definition) is 3. The Hall–Kier alpha value is -2.17. The van der Waals surface area contributed by atoms with E-state index in [9.17, 15) is 14.4 Å². The Labute approximate surface area is 143 Å². The minimum Gasteiger partial charge on any atom is -0.342 e. The van der Waals surface area contributed by atoms with Crippen LogP contribution in [0, 0.1) is 0 Å². The van der Waals surface area contributed by atoms with Crippen LogP contribution < -0.4 is 0 Å². The Morgan fingerprint density at radius 1 is 1.04 bits per heavy atom. The molecule has 0 atom stereocenters. The van der Waals surface area contributed by atoms with E-state index in [1.807, 2.05) is 51.1 Å². The molecule has 1 aromatic carbocycles. The molecule has 5 nitrogen and oxygen atoms in total. The first kappa shape index (κ1) is 18.2. The number of carbonyl (C=O) groups is 3. The summed E-state index contributed by atoms with van der Waals surface area (Å²) < 4.78 is 0. The number of likely N-dealkylation sites (N-methyl/N-ethyl adjacent to an activating group) is 1. The molecule has 5 heteroatoms. The van der Waals surface area contributed by atoms with Crippen molar-refractivity contribution in [2.45, 2.75) is 45.4 Å². The number of piperidine rings is 1. The van der Waals surface area contributed by atoms with Gasteiger partial charge in [-0.1, -0.05) is 37.3 Å². The summed E-state index contributed by atoms with van der Waals surface area (Å²) in [4.78, 5) is 40.3. The Morgan fingerprint density at radius 2 is 1.58 bits per heavy atom. The zero-order chi connectivity index (χ0) is 17.7. The molecule has 0 aliphatic carbocycles. The van der Waals surface area contributed by atoms with E-state index in [4.69, 9.17) is 0 Å². The van der Waals surface area contributed by atoms with Gasteiger partial charge in [0.15, 0.2) is 0 Å². The maximum absolute atomic E-state index is 12.6. The highest BCUT2D eigenvalue weighted by Crippen LogP contribution is 2.39. The first-order chi connectivity index (χ1) is 11.5. The zero-order valence-corrected chi connectivity index (χ0v) is 14.7. The van der Waals surface area contributed by atoms with Gasteiger partial charge in [0.2, 0.25) is 17.7 Å². The minimum atomic E-state index is -0.454. The number of rotatable bonds is 6. The first-order valence-electron chi connectivity index (χ1n) is 8.64. The largest absolute Gasteiger partial charge is 0.342 e. The SMILES string of the molecule is CCN(CC)C(=O)CN1C(=O)CC(CC)(c2ccccc2)CC1=O. The van der Waals surface area contributed by atoms with E-state index >= 15 is 0 Å². The third-order valence-electron chi connectivity index (χ3n) is 5.05. The molecule has 3 amide bonds. The van der Waals surface area contributed by atoms with Crippen molar-refractivity contribution in [1.82, 2.24) is 9.80 Å². The lowest BCUT2D eigenvalue weighted by Crippen LogP contribution is -2.53. The van der Waals surface area contributed by atoms with Crippen molar-refractivity contribution >= 4 is 17.7 Å². The molecule has 0 unspecified atom stereocenters. The second kappa shape index (κ2) is 7.60. The fourth-order valence-electron chi connectivity index (χ4n) is 3.41. The molecular weight excluding hydrogens is 304 g/mol. The van der Waals surface area contributed by atoms with E-state index in [2.05, 4.69) is 0 Å². The Kier molecular flexibility index (Phi) is 5.75. The van der Waals surface area contributed by atoms with Crippen LogP contribution in [-0.2, 0) is 19.8 Å². The van der Waals surface area contributed by atoms with Crippen molar-refractivity contribution in [2.75, 3.05) is 19.6 Å². The molecule has 1 heterocycles. The number of nitrogens with zero attached hydrogens (tertiary/aromatic N) is 2. The van der Waals surface area contributed by atoms with Gasteiger partial charge in [-0.05, 0) is 25.8 Å². The van der Waals surface area contributed by atoms with Gasteiger partial charge in [0, 0.05) is 31.3 Å². The monoisotopic (exact) mass is 330 g/mol. The molecule has 1 aliphatic rings. The van der Waals surface area contributed by atoms with Gasteiger partial charge < -0.3 is 4.90 Å². The number of hydrogen-bond donors (Lipinski definition) is 0. The average Bonchev–Trinajstić information content (AvgIpc) is 2.59. The molecule has 0 spiro atoms. The molecule has 1 aromatic rings. The number of imide groups is 1. The van der Waals surface area contributed by atoms with Gasteiger partial charge in [-0.2, -0.15) is 0 Å². The lowest BCUT2D eigenvalue weighted by atomic mass is 9.70. The lowest BCUT2D eigenvalue weighted by Gasteiger charge is -2.40. The van der Waals surface area contributed by atoms with Gasteiger partial charge in [-0.15, -0.1) is 0 Å². The predicted octanol–water partition coefficient (Wildman–Crippen LogP) is 2.35. The highest BCUT2D eigenvalue weighted by atomic mass is 16.2. The van der Waals surface area contributed by atoms with Gasteiger partial charge in [0.1, 0.15) is 6.54 Å². The van der Waals surface area contributed by atoms with Crippen molar-refractivity contribution in [3.8, 4) is 0 Å². The minimum absolute atomic E-state index is 0.145. The smallest absolute Gasteiger partial charge is 0.242 e. The predicted molar refractivity (Wildman–Crippen MR) is 92.3 cm³/mol. The van der Waals surface area contributed by atoms with Crippen LogP contribution in [0.3, 0.4) is 0 Å². The van der Waals surface area contributed by atoms with Gasteiger partial charge >= 0.3 is 0 Å². The summed E-state index contributed by atoms with van der Waals surface area (Å²) in [5, 5.41) is 0. The molecule has 0 radical (unpaired) electrons. The third kappa shape index (κ3) is 3.50. The summed E-state index contributed by atoms with van der Waals surface area (Å²) >= 11 is 0. The number of likely N-dealkylation sites (tertiary alicyclic amines) is 1. The molecule has 0 saturated carbocycles. The van der Waals surface area contributed by atoms with Crippen LogP contribution in [0.2, 0.25) is 0 Å². The summed E-state index contributed by atoms with van der Waals surface area (Å²) in [6.07, 6.45) is 1.25. The quantitative estimate of drug-likeness (QED) is 0.752. The third-order valence-corrected chi connectivity index (χ3v) is 5.05. The van der Waals surface area contributed by atoms with Crippen LogP contribution >= 0.6 is 0 Å². The average molecular weight is 330 g/mol. The van der Waals surface area contributed by atoms with E-state index in [0.29, 0.717) is 19.5 Å². The molecule has 0 aromatic heterocycles. The van der Waals surface area contributed by atoms with Crippen molar-refractivity contribution in [1.29, 1.82) is 0 Å². The van der Waals surface area contributed by atoms with Gasteiger partial charge in [0.05, 0.1) is 0 Å².